The van der Waals surface area contributed by atoms with Gasteiger partial charge in [-0.3, -0.25) is 4.79 Å². The third-order valence-electron chi connectivity index (χ3n) is 2.94. The van der Waals surface area contributed by atoms with Gasteiger partial charge in [-0.25, -0.2) is 4.79 Å². The van der Waals surface area contributed by atoms with Crippen LogP contribution >= 0.6 is 0 Å². The van der Waals surface area contributed by atoms with Crippen molar-refractivity contribution in [2.75, 3.05) is 6.61 Å². The molecule has 0 spiro atoms. The third-order valence-corrected chi connectivity index (χ3v) is 2.94. The summed E-state index contributed by atoms with van der Waals surface area (Å²) in [6.45, 7) is 1.56. The zero-order valence-electron chi connectivity index (χ0n) is 14.3. The molecule has 0 aromatic rings. The second-order valence-corrected chi connectivity index (χ2v) is 4.71. The molecule has 0 unspecified atom stereocenters. The van der Waals surface area contributed by atoms with E-state index in [0.717, 1.165) is 25.7 Å². The van der Waals surface area contributed by atoms with Gasteiger partial charge in [-0.2, -0.15) is 0 Å². The van der Waals surface area contributed by atoms with Crippen molar-refractivity contribution < 1.29 is 31.4 Å². The Hall–Kier alpha value is -1.38. The van der Waals surface area contributed by atoms with Crippen LogP contribution in [0.5, 0.6) is 0 Å². The molecule has 4 heteroatoms. The van der Waals surface area contributed by atoms with Crippen LogP contribution in [0.15, 0.2) is 48.6 Å². The maximum atomic E-state index is 10.8. The van der Waals surface area contributed by atoms with Crippen LogP contribution in [0.4, 0.5) is 0 Å². The minimum Gasteiger partial charge on any atom is -0.460 e. The van der Waals surface area contributed by atoms with E-state index in [0.29, 0.717) is 12.5 Å². The Morgan fingerprint density at radius 1 is 1.00 bits per heavy atom. The number of rotatable bonds is 6. The fourth-order valence-electron chi connectivity index (χ4n) is 1.81. The van der Waals surface area contributed by atoms with Crippen LogP contribution in [-0.4, -0.2) is 18.4 Å². The number of carbonyl (C=O) groups excluding carboxylic acids is 2. The number of allylic oxidation sites excluding steroid dienone is 8. The van der Waals surface area contributed by atoms with Gasteiger partial charge in [-0.15, -0.1) is 0 Å². The number of hydrogen-bond acceptors (Lipinski definition) is 3. The van der Waals surface area contributed by atoms with Crippen molar-refractivity contribution in [1.82, 2.24) is 0 Å². The molecular weight excluding hydrogens is 332 g/mol. The van der Waals surface area contributed by atoms with Crippen molar-refractivity contribution in [3.63, 3.8) is 0 Å². The Balaban J connectivity index is -0.000000431. The average Bonchev–Trinajstić information content (AvgIpc) is 3.14. The van der Waals surface area contributed by atoms with Gasteiger partial charge in [-0.05, 0) is 31.6 Å². The Labute approximate surface area is 152 Å². The van der Waals surface area contributed by atoms with E-state index in [1.54, 1.807) is 0 Å². The molecule has 0 saturated heterocycles. The van der Waals surface area contributed by atoms with Crippen molar-refractivity contribution in [1.29, 1.82) is 0 Å². The Morgan fingerprint density at radius 2 is 1.57 bits per heavy atom. The second kappa shape index (κ2) is 17.0. The Morgan fingerprint density at radius 3 is 2.00 bits per heavy atom. The molecule has 0 amide bonds. The van der Waals surface area contributed by atoms with Crippen LogP contribution < -0.4 is 0 Å². The third kappa shape index (κ3) is 14.0. The van der Waals surface area contributed by atoms with Crippen LogP contribution in [0.2, 0.25) is 0 Å². The van der Waals surface area contributed by atoms with Crippen LogP contribution in [0.25, 0.3) is 0 Å². The van der Waals surface area contributed by atoms with E-state index < -0.39 is 11.8 Å². The fourth-order valence-corrected chi connectivity index (χ4v) is 1.81. The van der Waals surface area contributed by atoms with Crippen molar-refractivity contribution in [3.05, 3.63) is 63.5 Å². The molecule has 0 fully saturated rings. The summed E-state index contributed by atoms with van der Waals surface area (Å²) in [5.74, 6) is -0.721. The molecule has 2 aliphatic carbocycles. The van der Waals surface area contributed by atoms with Crippen molar-refractivity contribution in [3.8, 4) is 0 Å². The predicted molar refractivity (Wildman–Crippen MR) is 93.0 cm³/mol. The molecule has 0 aromatic carbocycles. The molecule has 0 N–H and O–H groups in total. The molecule has 3 nitrogen and oxygen atoms in total. The average molecular weight is 360 g/mol. The van der Waals surface area contributed by atoms with Crippen molar-refractivity contribution in [2.45, 2.75) is 32.6 Å². The minimum absolute atomic E-state index is 0. The van der Waals surface area contributed by atoms with Crippen molar-refractivity contribution >= 4 is 11.8 Å². The summed E-state index contributed by atoms with van der Waals surface area (Å²) < 4.78 is 4.74. The molecule has 130 valence electrons. The summed E-state index contributed by atoms with van der Waals surface area (Å²) in [5, 5.41) is 0. The summed E-state index contributed by atoms with van der Waals surface area (Å²) in [6, 6.07) is 0. The molecule has 0 aliphatic heterocycles. The topological polar surface area (TPSA) is 43.4 Å². The predicted octanol–water partition coefficient (Wildman–Crippen LogP) is 4.43. The van der Waals surface area contributed by atoms with Gasteiger partial charge >= 0.3 is 23.0 Å². The first-order chi connectivity index (χ1) is 9.70. The first kappa shape index (κ1) is 26.5. The van der Waals surface area contributed by atoms with E-state index >= 15 is 0 Å². The van der Waals surface area contributed by atoms with Gasteiger partial charge < -0.3 is 19.6 Å². The standard InChI is InChI=1S/C12H16O3.C5H6.2CH3.Fe/c1-10(13)12(14)15-9-5-4-8-11-6-2-3-7-11;1-2-4-5-3-1;;;/h2-3,6-7,11H,4-5,8-9H2,1H3;1-4H,5H2;2*1H3;/q;;2*-1;+2. The summed E-state index contributed by atoms with van der Waals surface area (Å²) in [7, 11) is 0. The van der Waals surface area contributed by atoms with E-state index in [-0.39, 0.29) is 31.9 Å². The summed E-state index contributed by atoms with van der Waals surface area (Å²) >= 11 is 0. The summed E-state index contributed by atoms with van der Waals surface area (Å²) in [5.41, 5.74) is 0. The van der Waals surface area contributed by atoms with Crippen molar-refractivity contribution in [2.24, 2.45) is 5.92 Å². The van der Waals surface area contributed by atoms with Gasteiger partial charge in [-0.1, -0.05) is 48.6 Å². The van der Waals surface area contributed by atoms with Crippen LogP contribution in [0.1, 0.15) is 32.6 Å². The molecule has 0 heterocycles. The number of ketones is 1. The quantitative estimate of drug-likeness (QED) is 0.231. The van der Waals surface area contributed by atoms with Gasteiger partial charge in [0.05, 0.1) is 6.61 Å². The van der Waals surface area contributed by atoms with Gasteiger partial charge in [0.2, 0.25) is 5.78 Å². The first-order valence-corrected chi connectivity index (χ1v) is 7.04. The molecule has 2 aliphatic rings. The maximum Gasteiger partial charge on any atom is 2.00 e. The largest absolute Gasteiger partial charge is 2.00 e. The van der Waals surface area contributed by atoms with E-state index in [1.807, 2.05) is 12.2 Å². The minimum atomic E-state index is -0.726. The Kier molecular flexibility index (Phi) is 19.6. The number of unbranched alkanes of at least 4 members (excludes halogenated alkanes) is 1. The smallest absolute Gasteiger partial charge is 0.460 e. The number of carbonyl (C=O) groups is 2. The maximum absolute atomic E-state index is 10.8. The molecule has 0 bridgehead atoms. The van der Waals surface area contributed by atoms with Crippen LogP contribution in [-0.2, 0) is 31.4 Å². The van der Waals surface area contributed by atoms with Gasteiger partial charge in [0.15, 0.2) is 0 Å². The number of esters is 1. The van der Waals surface area contributed by atoms with E-state index in [9.17, 15) is 9.59 Å². The first-order valence-electron chi connectivity index (χ1n) is 7.04. The zero-order chi connectivity index (χ0) is 14.6. The van der Waals surface area contributed by atoms with E-state index in [2.05, 4.69) is 36.5 Å². The molecule has 0 radical (unpaired) electrons. The SMILES string of the molecule is C1=CCC=C1.CC(=O)C(=O)OCCCCC1C=CC=C1.[CH3-].[CH3-].[Fe+2]. The summed E-state index contributed by atoms with van der Waals surface area (Å²) in [4.78, 5) is 21.3. The van der Waals surface area contributed by atoms with Gasteiger partial charge in [0, 0.05) is 6.92 Å². The number of ether oxygens (including phenoxy) is 1. The fraction of sp³-hybridized carbons (Fsp3) is 0.368. The Bertz CT molecular complexity index is 412. The monoisotopic (exact) mass is 360 g/mol. The van der Waals surface area contributed by atoms with Crippen LogP contribution in [0, 0.1) is 20.8 Å². The summed E-state index contributed by atoms with van der Waals surface area (Å²) in [6.07, 6.45) is 20.8. The van der Waals surface area contributed by atoms with E-state index in [1.165, 1.54) is 6.92 Å². The molecule has 0 atom stereocenters. The van der Waals surface area contributed by atoms with Gasteiger partial charge in [0.1, 0.15) is 0 Å². The molecule has 2 rings (SSSR count). The second-order valence-electron chi connectivity index (χ2n) is 4.71. The van der Waals surface area contributed by atoms with E-state index in [4.69, 9.17) is 4.74 Å². The number of hydrogen-bond donors (Lipinski definition) is 0. The molecular formula is C19H28FeO3. The van der Waals surface area contributed by atoms with Crippen LogP contribution in [0.3, 0.4) is 0 Å². The van der Waals surface area contributed by atoms with Gasteiger partial charge in [0.25, 0.3) is 0 Å². The zero-order valence-corrected chi connectivity index (χ0v) is 15.4. The normalized spacial score (nSPS) is 13.3. The molecule has 0 aromatic heterocycles. The number of Topliss-reactive ketones (excluding diaryl/α,β-unsaturated/α-hetero) is 1. The molecule has 0 saturated carbocycles. The molecule has 23 heavy (non-hydrogen) atoms.